The van der Waals surface area contributed by atoms with Crippen LogP contribution in [0.4, 0.5) is 22.7 Å². The van der Waals surface area contributed by atoms with Gasteiger partial charge in [0.2, 0.25) is 0 Å². The maximum atomic E-state index is 9.42. The summed E-state index contributed by atoms with van der Waals surface area (Å²) in [6, 6.07) is 71.6. The Labute approximate surface area is 460 Å². The number of para-hydroxylation sites is 3. The van der Waals surface area contributed by atoms with Crippen molar-refractivity contribution in [1.29, 1.82) is 0 Å². The molecule has 9 aromatic carbocycles. The standard InChI is InChI=1S/C69H57N4O.Pt/c1-46-40-66(70-44-61(46)49-20-12-9-13-21-49)73-62-39-32-51(47-28-33-52(34-29-47)68(2,3)4)41-60(62)59-38-37-56(43-65(59)73)74-55-23-16-22-54(42-55)71-45-72(64-27-15-14-26-63(64)71)67-57(48-18-10-8-11-19-48)24-17-25-58(67)50-30-35-53(36-31-50)69(5,6)7;/h8-41,44-45H,1-7H3;/q-3;/i16D,22D,23D;. The van der Waals surface area contributed by atoms with Gasteiger partial charge < -0.3 is 19.1 Å². The number of hydrogen-bond donors (Lipinski definition) is 0. The van der Waals surface area contributed by atoms with Crippen LogP contribution in [-0.2, 0) is 31.9 Å². The van der Waals surface area contributed by atoms with E-state index in [1.54, 1.807) is 0 Å². The smallest absolute Gasteiger partial charge is 0.135 e. The van der Waals surface area contributed by atoms with Gasteiger partial charge in [-0.05, 0) is 94.7 Å². The van der Waals surface area contributed by atoms with Gasteiger partial charge in [0, 0.05) is 79.4 Å². The Morgan fingerprint density at radius 1 is 0.520 bits per heavy atom. The second-order valence-electron chi connectivity index (χ2n) is 21.2. The third-order valence-electron chi connectivity index (χ3n) is 14.2. The van der Waals surface area contributed by atoms with E-state index in [1.165, 1.54) is 11.1 Å². The molecule has 5 nitrogen and oxygen atoms in total. The summed E-state index contributed by atoms with van der Waals surface area (Å²) in [6.45, 7) is 17.4. The van der Waals surface area contributed by atoms with Crippen LogP contribution in [0.25, 0.3) is 72.1 Å². The van der Waals surface area contributed by atoms with E-state index >= 15 is 0 Å². The molecule has 0 saturated heterocycles. The molecule has 2 aromatic heterocycles. The molecule has 1 aliphatic heterocycles. The van der Waals surface area contributed by atoms with Gasteiger partial charge in [-0.3, -0.25) is 0 Å². The molecule has 0 N–H and O–H groups in total. The second kappa shape index (κ2) is 19.7. The number of pyridine rings is 1. The molecule has 0 radical (unpaired) electrons. The van der Waals surface area contributed by atoms with Gasteiger partial charge in [0.25, 0.3) is 0 Å². The van der Waals surface area contributed by atoms with E-state index < -0.39 is 0 Å². The van der Waals surface area contributed by atoms with Crippen molar-refractivity contribution in [2.75, 3.05) is 9.80 Å². The number of aryl methyl sites for hydroxylation is 1. The maximum absolute atomic E-state index is 9.42. The van der Waals surface area contributed by atoms with Gasteiger partial charge in [0.05, 0.1) is 0 Å². The topological polar surface area (TPSA) is 33.5 Å². The minimum absolute atomic E-state index is 0. The number of fused-ring (bicyclic) bond motifs is 4. The molecule has 0 saturated carbocycles. The minimum atomic E-state index is -0.279. The first-order valence-electron chi connectivity index (χ1n) is 26.8. The molecule has 75 heavy (non-hydrogen) atoms. The summed E-state index contributed by atoms with van der Waals surface area (Å²) in [5.41, 5.74) is 16.8. The third-order valence-corrected chi connectivity index (χ3v) is 14.2. The van der Waals surface area contributed by atoms with Crippen molar-refractivity contribution in [3.63, 3.8) is 0 Å². The fraction of sp³-hybridized carbons (Fsp3) is 0.130. The molecule has 372 valence electrons. The zero-order chi connectivity index (χ0) is 53.3. The predicted octanol–water partition coefficient (Wildman–Crippen LogP) is 18.5. The predicted molar refractivity (Wildman–Crippen MR) is 308 cm³/mol. The number of nitrogens with zero attached hydrogens (tertiary/aromatic N) is 4. The van der Waals surface area contributed by atoms with E-state index in [2.05, 4.69) is 204 Å². The summed E-state index contributed by atoms with van der Waals surface area (Å²) in [6.07, 6.45) is 1.93. The summed E-state index contributed by atoms with van der Waals surface area (Å²) in [5.74, 6) is 1.07. The van der Waals surface area contributed by atoms with Crippen LogP contribution in [0, 0.1) is 25.7 Å². The van der Waals surface area contributed by atoms with Crippen LogP contribution in [0.1, 0.15) is 62.3 Å². The van der Waals surface area contributed by atoms with Crippen LogP contribution in [0.5, 0.6) is 11.5 Å². The number of rotatable bonds is 9. The summed E-state index contributed by atoms with van der Waals surface area (Å²) in [7, 11) is 0. The monoisotopic (exact) mass is 1160 g/mol. The molecule has 0 atom stereocenters. The number of hydrogen-bond acceptors (Lipinski definition) is 4. The fourth-order valence-corrected chi connectivity index (χ4v) is 10.3. The molecular formula is C69H57N4OPt-3. The molecule has 0 spiro atoms. The average molecular weight is 1160 g/mol. The van der Waals surface area contributed by atoms with Gasteiger partial charge >= 0.3 is 0 Å². The van der Waals surface area contributed by atoms with Crippen molar-refractivity contribution >= 4 is 44.6 Å². The number of aromatic nitrogens is 2. The van der Waals surface area contributed by atoms with E-state index in [4.69, 9.17) is 9.72 Å². The molecule has 0 unspecified atom stereocenters. The Morgan fingerprint density at radius 3 is 1.72 bits per heavy atom. The molecule has 0 fully saturated rings. The first kappa shape index (κ1) is 45.6. The molecule has 6 heteroatoms. The van der Waals surface area contributed by atoms with E-state index in [1.807, 2.05) is 72.4 Å². The van der Waals surface area contributed by atoms with Crippen LogP contribution in [0.3, 0.4) is 0 Å². The quantitative estimate of drug-likeness (QED) is 0.135. The van der Waals surface area contributed by atoms with Crippen LogP contribution in [-0.4, -0.2) is 9.55 Å². The minimum Gasteiger partial charge on any atom is -0.509 e. The Balaban J connectivity index is 0.00000645. The maximum Gasteiger partial charge on any atom is 0.135 e. The Morgan fingerprint density at radius 2 is 1.09 bits per heavy atom. The first-order valence-corrected chi connectivity index (χ1v) is 25.3. The molecule has 1 aliphatic rings. The van der Waals surface area contributed by atoms with E-state index in [9.17, 15) is 4.11 Å². The van der Waals surface area contributed by atoms with Gasteiger partial charge in [-0.1, -0.05) is 199 Å². The van der Waals surface area contributed by atoms with E-state index in [0.717, 1.165) is 94.8 Å². The summed E-state index contributed by atoms with van der Waals surface area (Å²) in [5, 5.41) is 1.98. The average Bonchev–Trinajstić information content (AvgIpc) is 4.16. The van der Waals surface area contributed by atoms with Gasteiger partial charge in [0.15, 0.2) is 0 Å². The van der Waals surface area contributed by atoms with Gasteiger partial charge in [-0.15, -0.1) is 48.0 Å². The third kappa shape index (κ3) is 9.36. The molecule has 0 bridgehead atoms. The Kier molecular flexibility index (Phi) is 12.0. The van der Waals surface area contributed by atoms with Crippen LogP contribution in [0.15, 0.2) is 212 Å². The normalized spacial score (nSPS) is 13.1. The number of benzene rings is 9. The number of anilines is 4. The Hall–Kier alpha value is -7.98. The van der Waals surface area contributed by atoms with Gasteiger partial charge in [-0.2, -0.15) is 12.1 Å². The van der Waals surface area contributed by atoms with Crippen molar-refractivity contribution in [2.24, 2.45) is 0 Å². The van der Waals surface area contributed by atoms with E-state index in [0.29, 0.717) is 5.75 Å². The summed E-state index contributed by atoms with van der Waals surface area (Å²) >= 11 is 0. The zero-order valence-corrected chi connectivity index (χ0v) is 45.3. The first-order chi connectivity index (χ1) is 37.1. The van der Waals surface area contributed by atoms with Crippen molar-refractivity contribution in [3.05, 3.63) is 248 Å². The zero-order valence-electron chi connectivity index (χ0n) is 46.1. The van der Waals surface area contributed by atoms with Crippen molar-refractivity contribution in [3.8, 4) is 61.8 Å². The number of ether oxygens (including phenoxy) is 1. The van der Waals surface area contributed by atoms with Crippen molar-refractivity contribution < 1.29 is 29.9 Å². The molecule has 0 aliphatic carbocycles. The van der Waals surface area contributed by atoms with Crippen LogP contribution >= 0.6 is 0 Å². The van der Waals surface area contributed by atoms with Crippen molar-refractivity contribution in [1.82, 2.24) is 9.55 Å². The second-order valence-corrected chi connectivity index (χ2v) is 21.2. The summed E-state index contributed by atoms with van der Waals surface area (Å²) in [4.78, 5) is 9.15. The van der Waals surface area contributed by atoms with Gasteiger partial charge in [-0.25, -0.2) is 4.98 Å². The SMILES string of the molecule is [2H]c1c(Oc2[c-]c3c(cc2)c2cc(-c4ccc(C(C)(C)C)cc4)ccc2n3-c2cc(C)c(-c3ccccc3)cn2)[c-]c(N2[CH-]N(c3c(-c4ccccc4)cccc3-c3ccc(C(C)(C)C)cc3)c3ccccc32)c([2H])c1[2H].[Pt]. The Bertz CT molecular complexity index is 4050. The molecule has 3 heterocycles. The molecule has 0 amide bonds. The molecule has 11 aromatic rings. The van der Waals surface area contributed by atoms with Crippen LogP contribution in [0.2, 0.25) is 0 Å². The van der Waals surface area contributed by atoms with Gasteiger partial charge in [0.1, 0.15) is 5.82 Å². The van der Waals surface area contributed by atoms with E-state index in [-0.39, 0.29) is 61.5 Å². The molecular weight excluding hydrogens is 1100 g/mol. The summed E-state index contributed by atoms with van der Waals surface area (Å²) < 4.78 is 36.7. The van der Waals surface area contributed by atoms with Crippen molar-refractivity contribution in [2.45, 2.75) is 59.3 Å². The van der Waals surface area contributed by atoms with Crippen LogP contribution < -0.4 is 14.5 Å². The molecule has 12 rings (SSSR count). The fourth-order valence-electron chi connectivity index (χ4n) is 10.3. The largest absolute Gasteiger partial charge is 0.509 e.